The summed E-state index contributed by atoms with van der Waals surface area (Å²) >= 11 is 0. The second kappa shape index (κ2) is 9.61. The predicted molar refractivity (Wildman–Crippen MR) is 131 cm³/mol. The van der Waals surface area contributed by atoms with Crippen molar-refractivity contribution >= 4 is 21.6 Å². The van der Waals surface area contributed by atoms with E-state index < -0.39 is 10.0 Å². The molecule has 2 aliphatic rings. The van der Waals surface area contributed by atoms with E-state index >= 15 is 0 Å². The smallest absolute Gasteiger partial charge is 0.272 e. The monoisotopic (exact) mass is 493 g/mol. The summed E-state index contributed by atoms with van der Waals surface area (Å²) < 4.78 is 32.8. The Morgan fingerprint density at radius 3 is 2.74 bits per heavy atom. The van der Waals surface area contributed by atoms with Crippen molar-refractivity contribution < 1.29 is 17.9 Å². The molecule has 10 heteroatoms. The minimum absolute atomic E-state index is 0.136. The van der Waals surface area contributed by atoms with E-state index in [-0.39, 0.29) is 17.2 Å². The number of ether oxygens (including phenoxy) is 1. The van der Waals surface area contributed by atoms with E-state index in [9.17, 15) is 13.2 Å². The molecule has 1 saturated carbocycles. The number of pyridine rings is 1. The molecule has 0 unspecified atom stereocenters. The fourth-order valence-electron chi connectivity index (χ4n) is 4.32. The van der Waals surface area contributed by atoms with Crippen LogP contribution in [0.1, 0.15) is 54.7 Å². The van der Waals surface area contributed by atoms with E-state index in [0.29, 0.717) is 48.9 Å². The number of nitrogens with zero attached hydrogens (tertiary/aromatic N) is 4. The van der Waals surface area contributed by atoms with Crippen LogP contribution in [0.15, 0.2) is 55.0 Å². The van der Waals surface area contributed by atoms with E-state index in [1.165, 1.54) is 0 Å². The van der Waals surface area contributed by atoms with Gasteiger partial charge in [-0.1, -0.05) is 12.1 Å². The van der Waals surface area contributed by atoms with Crippen molar-refractivity contribution in [2.24, 2.45) is 0 Å². The van der Waals surface area contributed by atoms with E-state index in [2.05, 4.69) is 19.7 Å². The lowest BCUT2D eigenvalue weighted by atomic mass is 10.0. The van der Waals surface area contributed by atoms with Gasteiger partial charge in [-0.3, -0.25) is 19.5 Å². The molecule has 1 aliphatic carbocycles. The summed E-state index contributed by atoms with van der Waals surface area (Å²) in [5.74, 6) is 0.281. The number of aromatic nitrogens is 3. The Hall–Kier alpha value is -3.53. The van der Waals surface area contributed by atoms with Gasteiger partial charge in [-0.15, -0.1) is 0 Å². The lowest BCUT2D eigenvalue weighted by Crippen LogP contribution is -2.31. The summed E-state index contributed by atoms with van der Waals surface area (Å²) in [4.78, 5) is 28.1. The Morgan fingerprint density at radius 2 is 2.00 bits per heavy atom. The van der Waals surface area contributed by atoms with Crippen LogP contribution in [0.3, 0.4) is 0 Å². The predicted octanol–water partition coefficient (Wildman–Crippen LogP) is 3.82. The van der Waals surface area contributed by atoms with Gasteiger partial charge in [0.2, 0.25) is 15.9 Å². The topological polar surface area (TPSA) is 114 Å². The van der Waals surface area contributed by atoms with Crippen LogP contribution in [0.4, 0.5) is 5.69 Å². The molecular formula is C25H27N5O4S. The maximum Gasteiger partial charge on any atom is 0.272 e. The number of carbonyl (C=O) groups is 1. The Morgan fingerprint density at radius 1 is 1.14 bits per heavy atom. The van der Waals surface area contributed by atoms with Gasteiger partial charge in [-0.25, -0.2) is 13.4 Å². The molecule has 0 radical (unpaired) electrons. The molecular weight excluding hydrogens is 466 g/mol. The molecule has 182 valence electrons. The van der Waals surface area contributed by atoms with Crippen LogP contribution in [0.2, 0.25) is 0 Å². The summed E-state index contributed by atoms with van der Waals surface area (Å²) in [7, 11) is -3.34. The van der Waals surface area contributed by atoms with Crippen molar-refractivity contribution in [1.82, 2.24) is 19.9 Å². The second-order valence-electron chi connectivity index (χ2n) is 8.74. The quantitative estimate of drug-likeness (QED) is 0.507. The number of likely N-dealkylation sites (tertiary alicyclic amines) is 1. The summed E-state index contributed by atoms with van der Waals surface area (Å²) in [6.45, 7) is 2.99. The largest absolute Gasteiger partial charge is 0.477 e. The average molecular weight is 494 g/mol. The van der Waals surface area contributed by atoms with Crippen molar-refractivity contribution in [2.75, 3.05) is 17.9 Å². The number of amides is 1. The molecule has 3 heterocycles. The molecule has 1 saturated heterocycles. The molecule has 1 amide bonds. The van der Waals surface area contributed by atoms with Gasteiger partial charge < -0.3 is 9.64 Å². The van der Waals surface area contributed by atoms with E-state index in [1.54, 1.807) is 36.8 Å². The third-order valence-corrected chi connectivity index (χ3v) is 8.06. The average Bonchev–Trinajstić information content (AvgIpc) is 3.62. The molecule has 1 atom stereocenters. The lowest BCUT2D eigenvalue weighted by Gasteiger charge is -2.25. The number of anilines is 1. The first-order chi connectivity index (χ1) is 16.9. The Kier molecular flexibility index (Phi) is 6.38. The van der Waals surface area contributed by atoms with Gasteiger partial charge in [0, 0.05) is 24.0 Å². The molecule has 0 spiro atoms. The molecule has 2 fully saturated rings. The number of hydrogen-bond donors (Lipinski definition) is 1. The Labute approximate surface area is 204 Å². The summed E-state index contributed by atoms with van der Waals surface area (Å²) in [5.41, 5.74) is 3.15. The first-order valence-electron chi connectivity index (χ1n) is 11.8. The minimum Gasteiger partial charge on any atom is -0.477 e. The van der Waals surface area contributed by atoms with Crippen molar-refractivity contribution in [1.29, 1.82) is 0 Å². The minimum atomic E-state index is -3.34. The zero-order valence-corrected chi connectivity index (χ0v) is 20.2. The third-order valence-electron chi connectivity index (χ3n) is 6.19. The molecule has 2 aromatic heterocycles. The standard InChI is InChI=1S/C25H27N5O4S/c1-2-34-24-16-26-15-22(28-24)18-8-11-21(27-14-18)25(31)30-12-4-7-23(30)17-5-3-6-19(13-17)29-35(32,33)20-9-10-20/h3,5-6,8,11,13-16,20,23,29H,2,4,7,9-10,12H2,1H3/t23-/m0/s1. The molecule has 1 N–H and O–H groups in total. The highest BCUT2D eigenvalue weighted by Gasteiger charge is 2.36. The normalized spacial score (nSPS) is 17.9. The van der Waals surface area contributed by atoms with Gasteiger partial charge in [0.1, 0.15) is 5.69 Å². The lowest BCUT2D eigenvalue weighted by molar-refractivity contribution is 0.0729. The highest BCUT2D eigenvalue weighted by Crippen LogP contribution is 2.35. The molecule has 3 aromatic rings. The zero-order chi connectivity index (χ0) is 24.4. The van der Waals surface area contributed by atoms with Crippen molar-refractivity contribution in [3.05, 3.63) is 66.2 Å². The molecule has 0 bridgehead atoms. The van der Waals surface area contributed by atoms with Crippen molar-refractivity contribution in [2.45, 2.75) is 43.9 Å². The van der Waals surface area contributed by atoms with Crippen molar-refractivity contribution in [3.8, 4) is 17.1 Å². The number of rotatable bonds is 8. The van der Waals surface area contributed by atoms with Crippen LogP contribution in [-0.2, 0) is 10.0 Å². The highest BCUT2D eigenvalue weighted by molar-refractivity contribution is 7.93. The highest BCUT2D eigenvalue weighted by atomic mass is 32.2. The van der Waals surface area contributed by atoms with Crippen LogP contribution < -0.4 is 9.46 Å². The van der Waals surface area contributed by atoms with Crippen LogP contribution in [0.25, 0.3) is 11.3 Å². The zero-order valence-electron chi connectivity index (χ0n) is 19.4. The number of sulfonamides is 1. The second-order valence-corrected chi connectivity index (χ2v) is 10.7. The number of nitrogens with one attached hydrogen (secondary N) is 1. The Bertz CT molecular complexity index is 1330. The number of hydrogen-bond acceptors (Lipinski definition) is 7. The molecule has 35 heavy (non-hydrogen) atoms. The maximum absolute atomic E-state index is 13.3. The SMILES string of the molecule is CCOc1cncc(-c2ccc(C(=O)N3CCC[C@H]3c3cccc(NS(=O)(=O)C4CC4)c3)nc2)n1. The van der Waals surface area contributed by atoms with Crippen LogP contribution in [0, 0.1) is 0 Å². The third kappa shape index (κ3) is 5.12. The molecule has 1 aromatic carbocycles. The number of benzene rings is 1. The van der Waals surface area contributed by atoms with Crippen LogP contribution in [-0.4, -0.2) is 52.6 Å². The van der Waals surface area contributed by atoms with E-state index in [4.69, 9.17) is 4.74 Å². The first-order valence-corrected chi connectivity index (χ1v) is 13.3. The van der Waals surface area contributed by atoms with Gasteiger partial charge in [0.05, 0.1) is 36.0 Å². The van der Waals surface area contributed by atoms with Crippen LogP contribution >= 0.6 is 0 Å². The van der Waals surface area contributed by atoms with E-state index in [1.807, 2.05) is 30.0 Å². The fraction of sp³-hybridized carbons (Fsp3) is 0.360. The molecule has 5 rings (SSSR count). The van der Waals surface area contributed by atoms with Crippen molar-refractivity contribution in [3.63, 3.8) is 0 Å². The molecule has 1 aliphatic heterocycles. The van der Waals surface area contributed by atoms with E-state index in [0.717, 1.165) is 24.0 Å². The van der Waals surface area contributed by atoms with Gasteiger partial charge in [-0.05, 0) is 62.4 Å². The first kappa shape index (κ1) is 23.2. The van der Waals surface area contributed by atoms with Gasteiger partial charge >= 0.3 is 0 Å². The van der Waals surface area contributed by atoms with Gasteiger partial charge in [0.15, 0.2) is 0 Å². The summed E-state index contributed by atoms with van der Waals surface area (Å²) in [5, 5.41) is -0.294. The van der Waals surface area contributed by atoms with Gasteiger partial charge in [-0.2, -0.15) is 0 Å². The Balaban J connectivity index is 1.32. The summed E-state index contributed by atoms with van der Waals surface area (Å²) in [6, 6.07) is 10.7. The fourth-order valence-corrected chi connectivity index (χ4v) is 5.69. The maximum atomic E-state index is 13.3. The van der Waals surface area contributed by atoms with Crippen LogP contribution in [0.5, 0.6) is 5.88 Å². The summed E-state index contributed by atoms with van der Waals surface area (Å²) in [6.07, 6.45) is 7.88. The number of carbonyl (C=O) groups excluding carboxylic acids is 1. The van der Waals surface area contributed by atoms with Gasteiger partial charge in [0.25, 0.3) is 5.91 Å². The molecule has 9 nitrogen and oxygen atoms in total.